The van der Waals surface area contributed by atoms with E-state index in [0.717, 1.165) is 30.5 Å². The molecule has 0 spiro atoms. The standard InChI is InChI=1S/C21H14Cl2N2S2/c1-20-13(9-15(22)26-20)17-18(14-10-16(23)27-21(14,20)2)25-8-7-11-5-3-4-6-12(11)19(25)24-17/h3-10H,1-2H3/t20-,21-/m1/s1. The van der Waals surface area contributed by atoms with Crippen LogP contribution in [0.3, 0.4) is 0 Å². The summed E-state index contributed by atoms with van der Waals surface area (Å²) in [5, 5.41) is 4.50. The average Bonchev–Trinajstić information content (AvgIpc) is 3.26. The molecule has 0 bridgehead atoms. The molecule has 134 valence electrons. The fraction of sp³-hybridized carbons (Fsp3) is 0.190. The highest BCUT2D eigenvalue weighted by Gasteiger charge is 2.57. The highest BCUT2D eigenvalue weighted by Crippen LogP contribution is 2.65. The van der Waals surface area contributed by atoms with Gasteiger partial charge in [-0.1, -0.05) is 47.5 Å². The first-order valence-corrected chi connectivity index (χ1v) is 11.1. The second-order valence-electron chi connectivity index (χ2n) is 7.40. The van der Waals surface area contributed by atoms with Gasteiger partial charge in [0.1, 0.15) is 5.65 Å². The van der Waals surface area contributed by atoms with Crippen molar-refractivity contribution in [2.24, 2.45) is 0 Å². The van der Waals surface area contributed by atoms with Crippen LogP contribution in [0.15, 0.2) is 57.4 Å². The number of rotatable bonds is 0. The molecule has 0 fully saturated rings. The molecule has 2 nitrogen and oxygen atoms in total. The van der Waals surface area contributed by atoms with Gasteiger partial charge in [0.2, 0.25) is 0 Å². The summed E-state index contributed by atoms with van der Waals surface area (Å²) >= 11 is 16.5. The van der Waals surface area contributed by atoms with Crippen LogP contribution in [0, 0.1) is 0 Å². The lowest BCUT2D eigenvalue weighted by molar-refractivity contribution is 0.684. The molecule has 6 heteroatoms. The maximum Gasteiger partial charge on any atom is 0.145 e. The van der Waals surface area contributed by atoms with Crippen molar-refractivity contribution in [3.05, 3.63) is 68.1 Å². The first-order chi connectivity index (χ1) is 12.9. The summed E-state index contributed by atoms with van der Waals surface area (Å²) in [5.74, 6) is 0. The maximum absolute atomic E-state index is 6.55. The number of thioether (sulfide) groups is 2. The molecule has 1 aromatic carbocycles. The van der Waals surface area contributed by atoms with Gasteiger partial charge < -0.3 is 0 Å². The van der Waals surface area contributed by atoms with E-state index in [4.69, 9.17) is 28.2 Å². The largest absolute Gasteiger partial charge is 0.299 e. The third-order valence-corrected chi connectivity index (χ3v) is 9.59. The molecule has 27 heavy (non-hydrogen) atoms. The summed E-state index contributed by atoms with van der Waals surface area (Å²) in [5.41, 5.74) is 3.40. The van der Waals surface area contributed by atoms with E-state index in [1.165, 1.54) is 16.5 Å². The Hall–Kier alpha value is -1.33. The topological polar surface area (TPSA) is 17.3 Å². The molecule has 2 aromatic heterocycles. The molecule has 0 saturated heterocycles. The zero-order chi connectivity index (χ0) is 18.6. The van der Waals surface area contributed by atoms with Crippen LogP contribution >= 0.6 is 46.7 Å². The fourth-order valence-corrected chi connectivity index (χ4v) is 8.24. The Morgan fingerprint density at radius 1 is 0.926 bits per heavy atom. The van der Waals surface area contributed by atoms with Crippen LogP contribution in [-0.2, 0) is 0 Å². The van der Waals surface area contributed by atoms with Crippen molar-refractivity contribution in [2.75, 3.05) is 0 Å². The number of fused-ring (bicyclic) bond motifs is 8. The van der Waals surface area contributed by atoms with Crippen molar-refractivity contribution in [2.45, 2.75) is 23.3 Å². The predicted molar refractivity (Wildman–Crippen MR) is 119 cm³/mol. The van der Waals surface area contributed by atoms with E-state index in [0.29, 0.717) is 0 Å². The third-order valence-electron chi connectivity index (χ3n) is 6.08. The number of hydrogen-bond donors (Lipinski definition) is 0. The molecular formula is C21H14Cl2N2S2. The molecule has 6 rings (SSSR count). The summed E-state index contributed by atoms with van der Waals surface area (Å²) in [6.45, 7) is 4.54. The van der Waals surface area contributed by atoms with E-state index in [-0.39, 0.29) is 9.49 Å². The molecule has 0 N–H and O–H groups in total. The number of aromatic nitrogens is 2. The van der Waals surface area contributed by atoms with Crippen molar-refractivity contribution >= 4 is 74.3 Å². The van der Waals surface area contributed by atoms with Crippen molar-refractivity contribution in [3.63, 3.8) is 0 Å². The van der Waals surface area contributed by atoms with Crippen LogP contribution in [0.2, 0.25) is 0 Å². The van der Waals surface area contributed by atoms with E-state index in [2.05, 4.69) is 66.9 Å². The number of halogens is 2. The van der Waals surface area contributed by atoms with Crippen molar-refractivity contribution < 1.29 is 0 Å². The second kappa shape index (κ2) is 5.18. The molecule has 0 radical (unpaired) electrons. The predicted octanol–water partition coefficient (Wildman–Crippen LogP) is 4.97. The maximum atomic E-state index is 6.55. The van der Waals surface area contributed by atoms with Crippen LogP contribution in [0.5, 0.6) is 0 Å². The molecule has 0 amide bonds. The Morgan fingerprint density at radius 3 is 2.37 bits per heavy atom. The van der Waals surface area contributed by atoms with Gasteiger partial charge in [0.05, 0.1) is 28.9 Å². The molecule has 2 aliphatic heterocycles. The zero-order valence-corrected chi connectivity index (χ0v) is 17.7. The monoisotopic (exact) mass is 428 g/mol. The average molecular weight is 429 g/mol. The van der Waals surface area contributed by atoms with E-state index >= 15 is 0 Å². The minimum Gasteiger partial charge on any atom is -0.299 e. The van der Waals surface area contributed by atoms with E-state index < -0.39 is 0 Å². The Balaban J connectivity index is 1.93. The first-order valence-electron chi connectivity index (χ1n) is 8.70. The van der Waals surface area contributed by atoms with Crippen molar-refractivity contribution in [1.29, 1.82) is 0 Å². The molecule has 3 aliphatic rings. The molecule has 0 unspecified atom stereocenters. The summed E-state index contributed by atoms with van der Waals surface area (Å²) < 4.78 is 3.44. The van der Waals surface area contributed by atoms with Gasteiger partial charge in [0.25, 0.3) is 0 Å². The van der Waals surface area contributed by atoms with E-state index in [1.807, 2.05) is 0 Å². The minimum absolute atomic E-state index is 0.203. The SMILES string of the molecule is C[C@@]12SC(Cl)=CC1=c1nc3c4ccccc4ccn3c1=C1C=C(Cl)S[C@]12C. The summed E-state index contributed by atoms with van der Waals surface area (Å²) in [6, 6.07) is 10.5. The molecule has 0 saturated carbocycles. The second-order valence-corrected chi connectivity index (χ2v) is 11.6. The van der Waals surface area contributed by atoms with Crippen molar-refractivity contribution in [3.8, 4) is 0 Å². The van der Waals surface area contributed by atoms with E-state index in [9.17, 15) is 0 Å². The molecule has 4 heterocycles. The first kappa shape index (κ1) is 16.6. The van der Waals surface area contributed by atoms with Gasteiger partial charge in [-0.05, 0) is 48.6 Å². The van der Waals surface area contributed by atoms with Crippen LogP contribution in [0.1, 0.15) is 13.8 Å². The van der Waals surface area contributed by atoms with Gasteiger partial charge in [-0.15, -0.1) is 23.5 Å². The lowest BCUT2D eigenvalue weighted by atomic mass is 9.78. The summed E-state index contributed by atoms with van der Waals surface area (Å²) in [7, 11) is 0. The number of hydrogen-bond acceptors (Lipinski definition) is 3. The third kappa shape index (κ3) is 1.90. The fourth-order valence-electron chi connectivity index (χ4n) is 4.57. The lowest BCUT2D eigenvalue weighted by Crippen LogP contribution is -2.54. The smallest absolute Gasteiger partial charge is 0.145 e. The van der Waals surface area contributed by atoms with Crippen LogP contribution in [0.25, 0.3) is 27.6 Å². The number of nitrogens with zero attached hydrogens (tertiary/aromatic N) is 2. The highest BCUT2D eigenvalue weighted by atomic mass is 35.5. The number of allylic oxidation sites excluding steroid dienone is 2. The van der Waals surface area contributed by atoms with Gasteiger partial charge in [-0.25, -0.2) is 4.98 Å². The van der Waals surface area contributed by atoms with Crippen LogP contribution in [-0.4, -0.2) is 18.9 Å². The van der Waals surface area contributed by atoms with Crippen LogP contribution in [0.4, 0.5) is 0 Å². The van der Waals surface area contributed by atoms with Gasteiger partial charge >= 0.3 is 0 Å². The van der Waals surface area contributed by atoms with Gasteiger partial charge in [-0.2, -0.15) is 0 Å². The molecular weight excluding hydrogens is 415 g/mol. The highest BCUT2D eigenvalue weighted by molar-refractivity contribution is 8.11. The Morgan fingerprint density at radius 2 is 1.59 bits per heavy atom. The number of imidazole rings is 1. The minimum atomic E-state index is -0.210. The summed E-state index contributed by atoms with van der Waals surface area (Å²) in [4.78, 5) is 5.13. The Bertz CT molecular complexity index is 1380. The number of pyridine rings is 1. The van der Waals surface area contributed by atoms with Gasteiger partial charge in [-0.3, -0.25) is 4.40 Å². The molecule has 1 aliphatic carbocycles. The Labute approximate surface area is 174 Å². The number of benzene rings is 1. The molecule has 3 aromatic rings. The quantitative estimate of drug-likeness (QED) is 0.502. The van der Waals surface area contributed by atoms with Gasteiger partial charge in [0.15, 0.2) is 0 Å². The zero-order valence-electron chi connectivity index (χ0n) is 14.6. The lowest BCUT2D eigenvalue weighted by Gasteiger charge is -2.43. The Kier molecular flexibility index (Phi) is 3.18. The molecule has 2 atom stereocenters. The van der Waals surface area contributed by atoms with Gasteiger partial charge in [0, 0.05) is 11.6 Å². The summed E-state index contributed by atoms with van der Waals surface area (Å²) in [6.07, 6.45) is 6.33. The normalized spacial score (nSPS) is 29.0. The van der Waals surface area contributed by atoms with E-state index in [1.54, 1.807) is 23.5 Å². The van der Waals surface area contributed by atoms with Crippen molar-refractivity contribution in [1.82, 2.24) is 9.38 Å². The van der Waals surface area contributed by atoms with Crippen LogP contribution < -0.4 is 10.7 Å².